The molecule has 0 bridgehead atoms. The molecule has 4 N–H and O–H groups in total. The molecule has 0 unspecified atom stereocenters. The molecule has 0 saturated heterocycles. The Balaban J connectivity index is 3.29. The molecule has 0 spiro atoms. The van der Waals surface area contributed by atoms with Crippen LogP contribution in [0.1, 0.15) is 0 Å². The highest BCUT2D eigenvalue weighted by Crippen LogP contribution is 1.84. The second-order valence-corrected chi connectivity index (χ2v) is 1.66. The number of hydrogen-bond acceptors (Lipinski definition) is 5. The lowest BCUT2D eigenvalue weighted by atomic mass is 10.6. The summed E-state index contributed by atoms with van der Waals surface area (Å²) < 4.78 is 4.66. The van der Waals surface area contributed by atoms with Gasteiger partial charge in [0.2, 0.25) is 0 Å². The number of rotatable bonds is 4. The second-order valence-electron chi connectivity index (χ2n) is 1.66. The first-order valence-electron chi connectivity index (χ1n) is 2.87. The van der Waals surface area contributed by atoms with Crippen LogP contribution in [0.4, 0.5) is 0 Å². The van der Waals surface area contributed by atoms with E-state index in [4.69, 9.17) is 20.4 Å². The molecule has 0 fully saturated rings. The summed E-state index contributed by atoms with van der Waals surface area (Å²) in [4.78, 5) is 0. The van der Waals surface area contributed by atoms with Gasteiger partial charge in [-0.05, 0) is 0 Å². The van der Waals surface area contributed by atoms with Gasteiger partial charge in [0, 0.05) is 12.2 Å². The molecule has 5 heteroatoms. The van der Waals surface area contributed by atoms with Crippen LogP contribution in [0.2, 0.25) is 0 Å². The third-order valence-electron chi connectivity index (χ3n) is 0.768. The summed E-state index contributed by atoms with van der Waals surface area (Å²) in [6.07, 6.45) is 2.06. The van der Waals surface area contributed by atoms with Crippen molar-refractivity contribution in [3.8, 4) is 0 Å². The normalized spacial score (nSPS) is 8.73. The van der Waals surface area contributed by atoms with E-state index in [2.05, 4.69) is 4.74 Å². The highest BCUT2D eigenvalue weighted by atomic mass is 16.5. The fourth-order valence-corrected chi connectivity index (χ4v) is 0.335. The molecule has 0 saturated carbocycles. The van der Waals surface area contributed by atoms with Gasteiger partial charge in [0.25, 0.3) is 11.9 Å². The minimum absolute atomic E-state index is 0.00606. The van der Waals surface area contributed by atoms with Crippen LogP contribution in [-0.4, -0.2) is 33.6 Å². The van der Waals surface area contributed by atoms with E-state index < -0.39 is 11.9 Å². The maximum atomic E-state index is 8.18. The van der Waals surface area contributed by atoms with Crippen molar-refractivity contribution >= 4 is 0 Å². The molecule has 0 aromatic carbocycles. The quantitative estimate of drug-likeness (QED) is 0.364. The Kier molecular flexibility index (Phi) is 4.76. The largest absolute Gasteiger partial charge is 0.481 e. The minimum Gasteiger partial charge on any atom is -0.481 e. The van der Waals surface area contributed by atoms with E-state index in [9.17, 15) is 0 Å². The van der Waals surface area contributed by atoms with Gasteiger partial charge in [-0.1, -0.05) is 0 Å². The van der Waals surface area contributed by atoms with Gasteiger partial charge in [-0.15, -0.1) is 0 Å². The van der Waals surface area contributed by atoms with E-state index in [1.807, 2.05) is 0 Å². The van der Waals surface area contributed by atoms with Crippen LogP contribution in [0.5, 0.6) is 0 Å². The number of aliphatic hydroxyl groups is 4. The molecule has 64 valence electrons. The first-order chi connectivity index (χ1) is 5.13. The van der Waals surface area contributed by atoms with Crippen LogP contribution in [0, 0.1) is 0 Å². The molecule has 0 aromatic heterocycles. The fourth-order valence-electron chi connectivity index (χ4n) is 0.335. The van der Waals surface area contributed by atoms with Crippen molar-refractivity contribution in [2.24, 2.45) is 0 Å². The van der Waals surface area contributed by atoms with Crippen LogP contribution in [0.25, 0.3) is 0 Å². The van der Waals surface area contributed by atoms with Gasteiger partial charge in [0.05, 0.1) is 13.2 Å². The lowest BCUT2D eigenvalue weighted by Crippen LogP contribution is -1.93. The van der Waals surface area contributed by atoms with Gasteiger partial charge < -0.3 is 25.2 Å². The number of aliphatic hydroxyl groups excluding tert-OH is 2. The SMILES string of the molecule is OC(O)=CCOCC=C(O)O. The summed E-state index contributed by atoms with van der Waals surface area (Å²) in [5, 5.41) is 32.7. The van der Waals surface area contributed by atoms with Crippen molar-refractivity contribution in [1.82, 2.24) is 0 Å². The smallest absolute Gasteiger partial charge is 0.272 e. The lowest BCUT2D eigenvalue weighted by Gasteiger charge is -1.94. The molecule has 0 heterocycles. The minimum atomic E-state index is -0.817. The molecule has 11 heavy (non-hydrogen) atoms. The standard InChI is InChI=1S/C6H10O5/c7-5(8)1-3-11-4-2-6(9)10/h1-2,7-10H,3-4H2. The number of ether oxygens (including phenoxy) is 1. The highest BCUT2D eigenvalue weighted by molar-refractivity contribution is 4.81. The summed E-state index contributed by atoms with van der Waals surface area (Å²) in [5.74, 6) is -1.63. The van der Waals surface area contributed by atoms with Gasteiger partial charge in [0.1, 0.15) is 0 Å². The second kappa shape index (κ2) is 5.43. The van der Waals surface area contributed by atoms with Crippen LogP contribution in [-0.2, 0) is 4.74 Å². The topological polar surface area (TPSA) is 90.2 Å². The van der Waals surface area contributed by atoms with E-state index in [-0.39, 0.29) is 13.2 Å². The van der Waals surface area contributed by atoms with E-state index in [1.165, 1.54) is 0 Å². The maximum Gasteiger partial charge on any atom is 0.272 e. The summed E-state index contributed by atoms with van der Waals surface area (Å²) >= 11 is 0. The monoisotopic (exact) mass is 162 g/mol. The molecule has 0 aromatic rings. The van der Waals surface area contributed by atoms with E-state index in [0.29, 0.717) is 0 Å². The Morgan fingerprint density at radius 3 is 1.55 bits per heavy atom. The van der Waals surface area contributed by atoms with E-state index >= 15 is 0 Å². The van der Waals surface area contributed by atoms with Crippen LogP contribution in [0.3, 0.4) is 0 Å². The van der Waals surface area contributed by atoms with E-state index in [1.54, 1.807) is 0 Å². The third kappa shape index (κ3) is 8.64. The summed E-state index contributed by atoms with van der Waals surface area (Å²) in [7, 11) is 0. The molecule has 0 aliphatic carbocycles. The zero-order valence-corrected chi connectivity index (χ0v) is 5.77. The average Bonchev–Trinajstić information content (AvgIpc) is 1.85. The van der Waals surface area contributed by atoms with Gasteiger partial charge in [-0.2, -0.15) is 0 Å². The molecule has 0 radical (unpaired) electrons. The Morgan fingerprint density at radius 2 is 1.27 bits per heavy atom. The third-order valence-corrected chi connectivity index (χ3v) is 0.768. The molecule has 0 amide bonds. The van der Waals surface area contributed by atoms with Crippen molar-refractivity contribution in [3.05, 3.63) is 24.0 Å². The van der Waals surface area contributed by atoms with Crippen molar-refractivity contribution in [2.75, 3.05) is 13.2 Å². The van der Waals surface area contributed by atoms with Gasteiger partial charge in [-0.25, -0.2) is 0 Å². The zero-order valence-electron chi connectivity index (χ0n) is 5.77. The zero-order chi connectivity index (χ0) is 8.69. The first kappa shape index (κ1) is 9.64. The van der Waals surface area contributed by atoms with Crippen molar-refractivity contribution in [1.29, 1.82) is 0 Å². The summed E-state index contributed by atoms with van der Waals surface area (Å²) in [6.45, 7) is 0.0121. The summed E-state index contributed by atoms with van der Waals surface area (Å²) in [6, 6.07) is 0. The van der Waals surface area contributed by atoms with Crippen molar-refractivity contribution in [3.63, 3.8) is 0 Å². The predicted octanol–water partition coefficient (Wildman–Crippen LogP) is 0.918. The highest BCUT2D eigenvalue weighted by Gasteiger charge is 1.86. The molecule has 5 nitrogen and oxygen atoms in total. The number of hydrogen-bond donors (Lipinski definition) is 4. The Morgan fingerprint density at radius 1 is 0.909 bits per heavy atom. The molecule has 0 aliphatic heterocycles. The predicted molar refractivity (Wildman–Crippen MR) is 37.5 cm³/mol. The fraction of sp³-hybridized carbons (Fsp3) is 0.333. The summed E-state index contributed by atoms with van der Waals surface area (Å²) in [5.41, 5.74) is 0. The van der Waals surface area contributed by atoms with E-state index in [0.717, 1.165) is 12.2 Å². The average molecular weight is 162 g/mol. The molecule has 0 rings (SSSR count). The van der Waals surface area contributed by atoms with Crippen LogP contribution >= 0.6 is 0 Å². The maximum absolute atomic E-state index is 8.18. The molecule has 0 atom stereocenters. The Labute approximate surface area is 63.5 Å². The van der Waals surface area contributed by atoms with Crippen molar-refractivity contribution in [2.45, 2.75) is 0 Å². The van der Waals surface area contributed by atoms with Gasteiger partial charge >= 0.3 is 0 Å². The van der Waals surface area contributed by atoms with Crippen LogP contribution < -0.4 is 0 Å². The Hall–Kier alpha value is -1.36. The molecule has 0 aliphatic rings. The van der Waals surface area contributed by atoms with Gasteiger partial charge in [-0.3, -0.25) is 0 Å². The van der Waals surface area contributed by atoms with Gasteiger partial charge in [0.15, 0.2) is 0 Å². The Bertz CT molecular complexity index is 134. The molecular formula is C6H10O5. The van der Waals surface area contributed by atoms with Crippen molar-refractivity contribution < 1.29 is 25.2 Å². The first-order valence-corrected chi connectivity index (χ1v) is 2.87. The lowest BCUT2D eigenvalue weighted by molar-refractivity contribution is 0.150. The molecular weight excluding hydrogens is 152 g/mol. The van der Waals surface area contributed by atoms with Crippen LogP contribution in [0.15, 0.2) is 24.0 Å².